The second kappa shape index (κ2) is 6.68. The van der Waals surface area contributed by atoms with E-state index in [2.05, 4.69) is 20.3 Å². The van der Waals surface area contributed by atoms with Gasteiger partial charge in [0.15, 0.2) is 5.82 Å². The summed E-state index contributed by atoms with van der Waals surface area (Å²) in [7, 11) is 5.59. The Balaban J connectivity index is 2.03. The standard InChI is InChI=1S/C17H21N7O/c1-24(2)15-13(25-3)7-10(11-5-4-6-20-14(11)15)8-21-12-9-22-17(19)23-16(12)18/h4-7,9,21H,8H2,1-3H3,(H4,18,19,22,23). The van der Waals surface area contributed by atoms with Crippen LogP contribution in [-0.4, -0.2) is 36.2 Å². The van der Waals surface area contributed by atoms with E-state index in [0.717, 1.165) is 27.9 Å². The number of methoxy groups -OCH3 is 1. The number of nitrogen functional groups attached to an aromatic ring is 2. The Kier molecular flexibility index (Phi) is 4.42. The maximum Gasteiger partial charge on any atom is 0.222 e. The highest BCUT2D eigenvalue weighted by atomic mass is 16.5. The van der Waals surface area contributed by atoms with Crippen molar-refractivity contribution in [1.82, 2.24) is 15.0 Å². The quantitative estimate of drug-likeness (QED) is 0.645. The zero-order chi connectivity index (χ0) is 18.0. The lowest BCUT2D eigenvalue weighted by molar-refractivity contribution is 0.415. The summed E-state index contributed by atoms with van der Waals surface area (Å²) in [5.74, 6) is 1.22. The van der Waals surface area contributed by atoms with E-state index in [-0.39, 0.29) is 5.95 Å². The van der Waals surface area contributed by atoms with Crippen molar-refractivity contribution >= 4 is 34.0 Å². The molecule has 25 heavy (non-hydrogen) atoms. The van der Waals surface area contributed by atoms with Crippen molar-refractivity contribution in [1.29, 1.82) is 0 Å². The molecule has 0 fully saturated rings. The number of fused-ring (bicyclic) bond motifs is 1. The summed E-state index contributed by atoms with van der Waals surface area (Å²) in [6.07, 6.45) is 3.35. The number of nitrogens with one attached hydrogen (secondary N) is 1. The van der Waals surface area contributed by atoms with E-state index < -0.39 is 0 Å². The Morgan fingerprint density at radius 3 is 2.72 bits per heavy atom. The van der Waals surface area contributed by atoms with Crippen LogP contribution < -0.4 is 26.4 Å². The van der Waals surface area contributed by atoms with Gasteiger partial charge in [0.2, 0.25) is 5.95 Å². The zero-order valence-electron chi connectivity index (χ0n) is 14.4. The molecule has 0 amide bonds. The molecule has 0 saturated carbocycles. The predicted molar refractivity (Wildman–Crippen MR) is 101 cm³/mol. The number of nitrogens with zero attached hydrogens (tertiary/aromatic N) is 4. The van der Waals surface area contributed by atoms with Crippen LogP contribution in [0, 0.1) is 0 Å². The fraction of sp³-hybridized carbons (Fsp3) is 0.235. The van der Waals surface area contributed by atoms with E-state index in [0.29, 0.717) is 18.1 Å². The molecule has 0 saturated heterocycles. The van der Waals surface area contributed by atoms with Crippen molar-refractivity contribution in [2.45, 2.75) is 6.54 Å². The largest absolute Gasteiger partial charge is 0.494 e. The topological polar surface area (TPSA) is 115 Å². The normalized spacial score (nSPS) is 10.7. The molecule has 1 aromatic carbocycles. The first-order valence-electron chi connectivity index (χ1n) is 7.75. The molecular weight excluding hydrogens is 318 g/mol. The van der Waals surface area contributed by atoms with Gasteiger partial charge in [0.05, 0.1) is 24.5 Å². The lowest BCUT2D eigenvalue weighted by Crippen LogP contribution is -2.13. The summed E-state index contributed by atoms with van der Waals surface area (Å²) in [4.78, 5) is 14.5. The van der Waals surface area contributed by atoms with Crippen LogP contribution in [0.1, 0.15) is 5.56 Å². The summed E-state index contributed by atoms with van der Waals surface area (Å²) in [5.41, 5.74) is 14.9. The van der Waals surface area contributed by atoms with Crippen LogP contribution in [0.3, 0.4) is 0 Å². The molecule has 0 unspecified atom stereocenters. The number of rotatable bonds is 5. The maximum atomic E-state index is 5.88. The summed E-state index contributed by atoms with van der Waals surface area (Å²) < 4.78 is 5.57. The first-order chi connectivity index (χ1) is 12.0. The van der Waals surface area contributed by atoms with Gasteiger partial charge >= 0.3 is 0 Å². The van der Waals surface area contributed by atoms with Gasteiger partial charge in [-0.15, -0.1) is 0 Å². The van der Waals surface area contributed by atoms with Gasteiger partial charge in [0.1, 0.15) is 11.4 Å². The van der Waals surface area contributed by atoms with Crippen molar-refractivity contribution in [2.24, 2.45) is 0 Å². The molecule has 0 aliphatic carbocycles. The molecule has 2 heterocycles. The molecule has 3 aromatic rings. The van der Waals surface area contributed by atoms with E-state index in [1.165, 1.54) is 0 Å². The first-order valence-corrected chi connectivity index (χ1v) is 7.75. The molecule has 0 atom stereocenters. The van der Waals surface area contributed by atoms with E-state index in [1.54, 1.807) is 19.5 Å². The van der Waals surface area contributed by atoms with Crippen molar-refractivity contribution in [3.63, 3.8) is 0 Å². The van der Waals surface area contributed by atoms with Crippen LogP contribution in [0.15, 0.2) is 30.6 Å². The molecule has 0 aliphatic heterocycles. The zero-order valence-corrected chi connectivity index (χ0v) is 14.4. The number of aromatic nitrogens is 3. The Bertz CT molecular complexity index is 911. The number of anilines is 4. The molecule has 8 heteroatoms. The molecule has 0 radical (unpaired) electrons. The molecule has 130 valence electrons. The number of ether oxygens (including phenoxy) is 1. The number of pyridine rings is 1. The van der Waals surface area contributed by atoms with Gasteiger partial charge in [0.25, 0.3) is 0 Å². The van der Waals surface area contributed by atoms with Gasteiger partial charge in [-0.2, -0.15) is 4.98 Å². The number of nitrogens with two attached hydrogens (primary N) is 2. The molecule has 3 rings (SSSR count). The van der Waals surface area contributed by atoms with Gasteiger partial charge in [0, 0.05) is 32.2 Å². The summed E-state index contributed by atoms with van der Waals surface area (Å²) >= 11 is 0. The number of hydrogen-bond donors (Lipinski definition) is 3. The van der Waals surface area contributed by atoms with Gasteiger partial charge in [-0.3, -0.25) is 4.98 Å². The Morgan fingerprint density at radius 2 is 2.04 bits per heavy atom. The Hall–Kier alpha value is -3.29. The molecular formula is C17H21N7O. The fourth-order valence-corrected chi connectivity index (χ4v) is 2.74. The van der Waals surface area contributed by atoms with E-state index >= 15 is 0 Å². The first kappa shape index (κ1) is 16.6. The van der Waals surface area contributed by atoms with Crippen LogP contribution in [0.2, 0.25) is 0 Å². The van der Waals surface area contributed by atoms with Gasteiger partial charge in [-0.25, -0.2) is 4.98 Å². The smallest absolute Gasteiger partial charge is 0.222 e. The third-order valence-electron chi connectivity index (χ3n) is 3.89. The molecule has 0 bridgehead atoms. The maximum absolute atomic E-state index is 5.88. The van der Waals surface area contributed by atoms with Crippen molar-refractivity contribution in [3.8, 4) is 5.75 Å². The van der Waals surface area contributed by atoms with Crippen LogP contribution in [0.5, 0.6) is 5.75 Å². The monoisotopic (exact) mass is 339 g/mol. The second-order valence-corrected chi connectivity index (χ2v) is 5.76. The van der Waals surface area contributed by atoms with Crippen molar-refractivity contribution < 1.29 is 4.74 Å². The number of benzene rings is 1. The van der Waals surface area contributed by atoms with Gasteiger partial charge in [-0.05, 0) is 17.7 Å². The minimum Gasteiger partial charge on any atom is -0.494 e. The molecule has 5 N–H and O–H groups in total. The Morgan fingerprint density at radius 1 is 1.24 bits per heavy atom. The summed E-state index contributed by atoms with van der Waals surface area (Å²) in [6, 6.07) is 5.95. The van der Waals surface area contributed by atoms with Crippen LogP contribution in [0.4, 0.5) is 23.1 Å². The fourth-order valence-electron chi connectivity index (χ4n) is 2.74. The second-order valence-electron chi connectivity index (χ2n) is 5.76. The Labute approximate surface area is 145 Å². The lowest BCUT2D eigenvalue weighted by Gasteiger charge is -2.20. The minimum absolute atomic E-state index is 0.148. The average molecular weight is 339 g/mol. The van der Waals surface area contributed by atoms with Crippen molar-refractivity contribution in [3.05, 3.63) is 36.2 Å². The van der Waals surface area contributed by atoms with Gasteiger partial charge in [-0.1, -0.05) is 6.07 Å². The van der Waals surface area contributed by atoms with E-state index in [1.807, 2.05) is 37.2 Å². The third-order valence-corrected chi connectivity index (χ3v) is 3.89. The number of hydrogen-bond acceptors (Lipinski definition) is 8. The lowest BCUT2D eigenvalue weighted by atomic mass is 10.1. The highest BCUT2D eigenvalue weighted by Crippen LogP contribution is 2.36. The van der Waals surface area contributed by atoms with Crippen LogP contribution in [0.25, 0.3) is 10.9 Å². The molecule has 0 aliphatic rings. The van der Waals surface area contributed by atoms with Crippen LogP contribution >= 0.6 is 0 Å². The van der Waals surface area contributed by atoms with Crippen molar-refractivity contribution in [2.75, 3.05) is 42.9 Å². The van der Waals surface area contributed by atoms with Crippen LogP contribution in [-0.2, 0) is 6.54 Å². The average Bonchev–Trinajstić information content (AvgIpc) is 2.59. The SMILES string of the molecule is COc1cc(CNc2cnc(N)nc2N)c2cccnc2c1N(C)C. The highest BCUT2D eigenvalue weighted by Gasteiger charge is 2.15. The molecule has 8 nitrogen and oxygen atoms in total. The molecule has 2 aromatic heterocycles. The summed E-state index contributed by atoms with van der Waals surface area (Å²) in [6.45, 7) is 0.518. The van der Waals surface area contributed by atoms with Gasteiger partial charge < -0.3 is 26.4 Å². The van der Waals surface area contributed by atoms with E-state index in [9.17, 15) is 0 Å². The minimum atomic E-state index is 0.148. The summed E-state index contributed by atoms with van der Waals surface area (Å²) in [5, 5.41) is 4.28. The highest BCUT2D eigenvalue weighted by molar-refractivity contribution is 5.96. The molecule has 0 spiro atoms. The predicted octanol–water partition coefficient (Wildman–Crippen LogP) is 1.88. The van der Waals surface area contributed by atoms with E-state index in [4.69, 9.17) is 16.2 Å². The third kappa shape index (κ3) is 3.18.